The van der Waals surface area contributed by atoms with E-state index in [1.165, 1.54) is 0 Å². The fourth-order valence-corrected chi connectivity index (χ4v) is 1.41. The second-order valence-corrected chi connectivity index (χ2v) is 3.50. The van der Waals surface area contributed by atoms with Gasteiger partial charge in [0.15, 0.2) is 0 Å². The Morgan fingerprint density at radius 3 is 2.67 bits per heavy atom. The SMILES string of the molecule is CCCCOC(=O)c1ccccc1CC. The van der Waals surface area contributed by atoms with Gasteiger partial charge in [0.05, 0.1) is 12.2 Å². The monoisotopic (exact) mass is 206 g/mol. The summed E-state index contributed by atoms with van der Waals surface area (Å²) in [5.74, 6) is -0.194. The summed E-state index contributed by atoms with van der Waals surface area (Å²) >= 11 is 0. The van der Waals surface area contributed by atoms with Crippen LogP contribution in [0.2, 0.25) is 0 Å². The van der Waals surface area contributed by atoms with Crippen LogP contribution in [0, 0.1) is 0 Å². The largest absolute Gasteiger partial charge is 0.462 e. The number of hydrogen-bond donors (Lipinski definition) is 0. The summed E-state index contributed by atoms with van der Waals surface area (Å²) in [5.41, 5.74) is 1.76. The van der Waals surface area contributed by atoms with Crippen LogP contribution in [0.1, 0.15) is 42.6 Å². The molecule has 0 aliphatic rings. The van der Waals surface area contributed by atoms with Crippen molar-refractivity contribution < 1.29 is 9.53 Å². The van der Waals surface area contributed by atoms with Gasteiger partial charge in [-0.25, -0.2) is 4.79 Å². The Kier molecular flexibility index (Phi) is 4.88. The zero-order chi connectivity index (χ0) is 11.1. The molecule has 0 saturated heterocycles. The highest BCUT2D eigenvalue weighted by Crippen LogP contribution is 2.11. The minimum absolute atomic E-state index is 0.194. The van der Waals surface area contributed by atoms with Gasteiger partial charge in [-0.3, -0.25) is 0 Å². The zero-order valence-corrected chi connectivity index (χ0v) is 9.45. The third-order valence-electron chi connectivity index (χ3n) is 2.35. The van der Waals surface area contributed by atoms with Crippen molar-refractivity contribution in [3.05, 3.63) is 35.4 Å². The number of aryl methyl sites for hydroxylation is 1. The molecule has 15 heavy (non-hydrogen) atoms. The Hall–Kier alpha value is -1.31. The van der Waals surface area contributed by atoms with E-state index < -0.39 is 0 Å². The molecule has 0 bridgehead atoms. The topological polar surface area (TPSA) is 26.3 Å². The van der Waals surface area contributed by atoms with Gasteiger partial charge in [0.1, 0.15) is 0 Å². The van der Waals surface area contributed by atoms with Crippen LogP contribution >= 0.6 is 0 Å². The second kappa shape index (κ2) is 6.23. The van der Waals surface area contributed by atoms with E-state index in [-0.39, 0.29) is 5.97 Å². The maximum Gasteiger partial charge on any atom is 0.338 e. The van der Waals surface area contributed by atoms with Crippen molar-refractivity contribution in [3.63, 3.8) is 0 Å². The van der Waals surface area contributed by atoms with Crippen LogP contribution in [0.5, 0.6) is 0 Å². The first kappa shape index (κ1) is 11.8. The van der Waals surface area contributed by atoms with Crippen LogP contribution in [0.15, 0.2) is 24.3 Å². The first-order chi connectivity index (χ1) is 7.29. The summed E-state index contributed by atoms with van der Waals surface area (Å²) in [5, 5.41) is 0. The Morgan fingerprint density at radius 2 is 2.00 bits per heavy atom. The molecule has 0 aliphatic heterocycles. The van der Waals surface area contributed by atoms with Crippen molar-refractivity contribution in [2.45, 2.75) is 33.1 Å². The number of unbranched alkanes of at least 4 members (excludes halogenated alkanes) is 1. The quantitative estimate of drug-likeness (QED) is 0.546. The Bertz CT molecular complexity index is 318. The molecule has 82 valence electrons. The van der Waals surface area contributed by atoms with Gasteiger partial charge in [0, 0.05) is 0 Å². The van der Waals surface area contributed by atoms with Crippen LogP contribution in [-0.2, 0) is 11.2 Å². The number of hydrogen-bond acceptors (Lipinski definition) is 2. The molecule has 2 nitrogen and oxygen atoms in total. The Balaban J connectivity index is 2.64. The molecule has 0 atom stereocenters. The lowest BCUT2D eigenvalue weighted by atomic mass is 10.1. The molecule has 1 rings (SSSR count). The zero-order valence-electron chi connectivity index (χ0n) is 9.45. The van der Waals surface area contributed by atoms with Gasteiger partial charge in [0.25, 0.3) is 0 Å². The molecule has 2 heteroatoms. The first-order valence-corrected chi connectivity index (χ1v) is 5.54. The van der Waals surface area contributed by atoms with E-state index >= 15 is 0 Å². The average Bonchev–Trinajstić information content (AvgIpc) is 2.29. The molecule has 0 saturated carbocycles. The van der Waals surface area contributed by atoms with Crippen molar-refractivity contribution in [1.82, 2.24) is 0 Å². The summed E-state index contributed by atoms with van der Waals surface area (Å²) in [7, 11) is 0. The fraction of sp³-hybridized carbons (Fsp3) is 0.462. The number of ether oxygens (including phenoxy) is 1. The highest BCUT2D eigenvalue weighted by Gasteiger charge is 2.10. The summed E-state index contributed by atoms with van der Waals surface area (Å²) in [6, 6.07) is 7.61. The van der Waals surface area contributed by atoms with Gasteiger partial charge in [-0.2, -0.15) is 0 Å². The molecular formula is C13H18O2. The molecular weight excluding hydrogens is 188 g/mol. The molecule has 0 N–H and O–H groups in total. The molecule has 0 heterocycles. The van der Waals surface area contributed by atoms with Crippen molar-refractivity contribution >= 4 is 5.97 Å². The molecule has 0 aliphatic carbocycles. The van der Waals surface area contributed by atoms with Gasteiger partial charge in [-0.15, -0.1) is 0 Å². The van der Waals surface area contributed by atoms with E-state index in [0.29, 0.717) is 12.2 Å². The fourth-order valence-electron chi connectivity index (χ4n) is 1.41. The maximum atomic E-state index is 11.7. The Labute approximate surface area is 91.3 Å². The summed E-state index contributed by atoms with van der Waals surface area (Å²) in [4.78, 5) is 11.7. The van der Waals surface area contributed by atoms with Gasteiger partial charge in [-0.05, 0) is 24.5 Å². The smallest absolute Gasteiger partial charge is 0.338 e. The molecule has 0 amide bonds. The predicted octanol–water partition coefficient (Wildman–Crippen LogP) is 3.21. The lowest BCUT2D eigenvalue weighted by Crippen LogP contribution is -2.08. The number of benzene rings is 1. The highest BCUT2D eigenvalue weighted by molar-refractivity contribution is 5.91. The van der Waals surface area contributed by atoms with E-state index in [1.54, 1.807) is 0 Å². The van der Waals surface area contributed by atoms with Crippen LogP contribution in [0.4, 0.5) is 0 Å². The molecule has 0 aromatic heterocycles. The van der Waals surface area contributed by atoms with E-state index in [2.05, 4.69) is 6.92 Å². The normalized spacial score (nSPS) is 10.0. The van der Waals surface area contributed by atoms with Crippen molar-refractivity contribution in [1.29, 1.82) is 0 Å². The van der Waals surface area contributed by atoms with Crippen LogP contribution < -0.4 is 0 Å². The molecule has 1 aromatic rings. The van der Waals surface area contributed by atoms with Gasteiger partial charge >= 0.3 is 5.97 Å². The van der Waals surface area contributed by atoms with Crippen molar-refractivity contribution in [2.24, 2.45) is 0 Å². The Morgan fingerprint density at radius 1 is 1.27 bits per heavy atom. The molecule has 0 unspecified atom stereocenters. The van der Waals surface area contributed by atoms with Crippen molar-refractivity contribution in [2.75, 3.05) is 6.61 Å². The van der Waals surface area contributed by atoms with Crippen LogP contribution in [-0.4, -0.2) is 12.6 Å². The molecule has 0 spiro atoms. The molecule has 0 fully saturated rings. The van der Waals surface area contributed by atoms with E-state index in [1.807, 2.05) is 31.2 Å². The minimum atomic E-state index is -0.194. The maximum absolute atomic E-state index is 11.7. The van der Waals surface area contributed by atoms with Crippen LogP contribution in [0.3, 0.4) is 0 Å². The summed E-state index contributed by atoms with van der Waals surface area (Å²) < 4.78 is 5.17. The van der Waals surface area contributed by atoms with Gasteiger partial charge in [-0.1, -0.05) is 38.5 Å². The van der Waals surface area contributed by atoms with E-state index in [9.17, 15) is 4.79 Å². The standard InChI is InChI=1S/C13H18O2/c1-3-5-10-15-13(14)12-9-7-6-8-11(12)4-2/h6-9H,3-5,10H2,1-2H3. The third kappa shape index (κ3) is 3.39. The highest BCUT2D eigenvalue weighted by atomic mass is 16.5. The summed E-state index contributed by atoms with van der Waals surface area (Å²) in [6.07, 6.45) is 2.84. The molecule has 1 aromatic carbocycles. The van der Waals surface area contributed by atoms with Crippen molar-refractivity contribution in [3.8, 4) is 0 Å². The second-order valence-electron chi connectivity index (χ2n) is 3.50. The third-order valence-corrected chi connectivity index (χ3v) is 2.35. The molecule has 0 radical (unpaired) electrons. The lowest BCUT2D eigenvalue weighted by Gasteiger charge is -2.07. The number of carbonyl (C=O) groups excluding carboxylic acids is 1. The van der Waals surface area contributed by atoms with E-state index in [4.69, 9.17) is 4.74 Å². The first-order valence-electron chi connectivity index (χ1n) is 5.54. The van der Waals surface area contributed by atoms with E-state index in [0.717, 1.165) is 24.8 Å². The minimum Gasteiger partial charge on any atom is -0.462 e. The summed E-state index contributed by atoms with van der Waals surface area (Å²) in [6.45, 7) is 4.64. The average molecular weight is 206 g/mol. The number of rotatable bonds is 5. The predicted molar refractivity (Wildman–Crippen MR) is 61.0 cm³/mol. The van der Waals surface area contributed by atoms with Crippen LogP contribution in [0.25, 0.3) is 0 Å². The number of esters is 1. The van der Waals surface area contributed by atoms with Gasteiger partial charge < -0.3 is 4.74 Å². The number of carbonyl (C=O) groups is 1. The van der Waals surface area contributed by atoms with Gasteiger partial charge in [0.2, 0.25) is 0 Å². The lowest BCUT2D eigenvalue weighted by molar-refractivity contribution is 0.0498.